The highest BCUT2D eigenvalue weighted by Gasteiger charge is 2.19. The van der Waals surface area contributed by atoms with Gasteiger partial charge in [0, 0.05) is 19.3 Å². The number of carbonyl (C=O) groups is 3. The van der Waals surface area contributed by atoms with Crippen molar-refractivity contribution in [2.75, 3.05) is 13.2 Å². The Balaban J connectivity index is 4.44. The molecule has 0 aliphatic carbocycles. The summed E-state index contributed by atoms with van der Waals surface area (Å²) in [5.41, 5.74) is 0. The van der Waals surface area contributed by atoms with Crippen molar-refractivity contribution >= 4 is 17.9 Å². The second-order valence-corrected chi connectivity index (χ2v) is 19.5. The minimum absolute atomic E-state index is 0.0948. The molecule has 6 heteroatoms. The average molecular weight is 988 g/mol. The summed E-state index contributed by atoms with van der Waals surface area (Å²) >= 11 is 0. The van der Waals surface area contributed by atoms with Crippen molar-refractivity contribution in [2.24, 2.45) is 0 Å². The highest BCUT2D eigenvalue weighted by atomic mass is 16.6. The van der Waals surface area contributed by atoms with Crippen LogP contribution in [0.25, 0.3) is 0 Å². The number of rotatable bonds is 53. The fraction of sp³-hybridized carbons (Fsp3) is 0.708. The fourth-order valence-corrected chi connectivity index (χ4v) is 8.08. The number of esters is 3. The topological polar surface area (TPSA) is 78.9 Å². The van der Waals surface area contributed by atoms with Gasteiger partial charge in [-0.05, 0) is 122 Å². The van der Waals surface area contributed by atoms with E-state index >= 15 is 0 Å². The summed E-state index contributed by atoms with van der Waals surface area (Å²) in [4.78, 5) is 38.2. The van der Waals surface area contributed by atoms with Crippen LogP contribution in [0.2, 0.25) is 0 Å². The summed E-state index contributed by atoms with van der Waals surface area (Å²) in [6.07, 6.45) is 78.3. The molecule has 0 heterocycles. The van der Waals surface area contributed by atoms with Gasteiger partial charge in [0.2, 0.25) is 0 Å². The molecule has 0 fully saturated rings. The smallest absolute Gasteiger partial charge is 0.306 e. The molecule has 0 aromatic carbocycles. The molecule has 0 aromatic rings. The van der Waals surface area contributed by atoms with Gasteiger partial charge in [-0.3, -0.25) is 14.4 Å². The molecule has 0 aliphatic heterocycles. The first-order chi connectivity index (χ1) is 35.0. The Hall–Kier alpha value is -3.67. The molecule has 0 bridgehead atoms. The molecule has 0 aromatic heterocycles. The van der Waals surface area contributed by atoms with E-state index in [4.69, 9.17) is 14.2 Å². The van der Waals surface area contributed by atoms with Crippen LogP contribution >= 0.6 is 0 Å². The van der Waals surface area contributed by atoms with E-state index in [1.165, 1.54) is 141 Å². The molecule has 71 heavy (non-hydrogen) atoms. The van der Waals surface area contributed by atoms with Crippen molar-refractivity contribution in [1.82, 2.24) is 0 Å². The SMILES string of the molecule is CC/C=C\C/C=C\C/C=C\C/C=C\CCCCC(=O)OCC(COC(=O)CCCCCCCCCCC/C=C\C/C=C\CCCCC)OC(=O)CCCCCCCCCCC/C=C\C/C=C\CCCCC. The van der Waals surface area contributed by atoms with Gasteiger partial charge in [-0.1, -0.05) is 234 Å². The Morgan fingerprint density at radius 3 is 0.887 bits per heavy atom. The van der Waals surface area contributed by atoms with Gasteiger partial charge in [-0.25, -0.2) is 0 Å². The summed E-state index contributed by atoms with van der Waals surface area (Å²) in [5, 5.41) is 0. The summed E-state index contributed by atoms with van der Waals surface area (Å²) in [5.74, 6) is -0.941. The lowest BCUT2D eigenvalue weighted by Crippen LogP contribution is -2.30. The van der Waals surface area contributed by atoms with Crippen molar-refractivity contribution in [3.63, 3.8) is 0 Å². The maximum absolute atomic E-state index is 12.9. The first kappa shape index (κ1) is 67.3. The molecular weight excluding hydrogens is 877 g/mol. The van der Waals surface area contributed by atoms with Crippen LogP contribution in [0.3, 0.4) is 0 Å². The highest BCUT2D eigenvalue weighted by Crippen LogP contribution is 2.15. The zero-order valence-corrected chi connectivity index (χ0v) is 46.5. The van der Waals surface area contributed by atoms with Crippen molar-refractivity contribution in [3.8, 4) is 0 Å². The molecule has 0 rings (SSSR count). The predicted molar refractivity (Wildman–Crippen MR) is 307 cm³/mol. The molecule has 1 atom stereocenters. The van der Waals surface area contributed by atoms with E-state index in [2.05, 4.69) is 118 Å². The first-order valence-electron chi connectivity index (χ1n) is 29.7. The van der Waals surface area contributed by atoms with E-state index in [1.807, 2.05) is 0 Å². The van der Waals surface area contributed by atoms with Crippen LogP contribution in [0.4, 0.5) is 0 Å². The summed E-state index contributed by atoms with van der Waals surface area (Å²) in [6, 6.07) is 0. The molecule has 0 N–H and O–H groups in total. The molecular formula is C65H110O6. The Morgan fingerprint density at radius 2 is 0.549 bits per heavy atom. The van der Waals surface area contributed by atoms with Gasteiger partial charge in [0.05, 0.1) is 0 Å². The van der Waals surface area contributed by atoms with Gasteiger partial charge in [-0.2, -0.15) is 0 Å². The number of hydrogen-bond donors (Lipinski definition) is 0. The van der Waals surface area contributed by atoms with Gasteiger partial charge in [0.1, 0.15) is 13.2 Å². The first-order valence-corrected chi connectivity index (χ1v) is 29.7. The van der Waals surface area contributed by atoms with Gasteiger partial charge in [0.25, 0.3) is 0 Å². The predicted octanol–water partition coefficient (Wildman–Crippen LogP) is 20.1. The van der Waals surface area contributed by atoms with Crippen molar-refractivity contribution in [1.29, 1.82) is 0 Å². The van der Waals surface area contributed by atoms with E-state index in [-0.39, 0.29) is 31.1 Å². The second kappa shape index (κ2) is 58.9. The Kier molecular flexibility index (Phi) is 55.9. The third-order valence-corrected chi connectivity index (χ3v) is 12.5. The minimum atomic E-state index is -0.800. The van der Waals surface area contributed by atoms with Gasteiger partial charge in [0.15, 0.2) is 6.10 Å². The van der Waals surface area contributed by atoms with Crippen LogP contribution in [-0.2, 0) is 28.6 Å². The van der Waals surface area contributed by atoms with E-state index in [0.29, 0.717) is 19.3 Å². The van der Waals surface area contributed by atoms with Crippen molar-refractivity contribution in [3.05, 3.63) is 97.2 Å². The van der Waals surface area contributed by atoms with Gasteiger partial charge in [-0.15, -0.1) is 0 Å². The lowest BCUT2D eigenvalue weighted by atomic mass is 10.1. The quantitative estimate of drug-likeness (QED) is 0.0261. The summed E-state index contributed by atoms with van der Waals surface area (Å²) in [6.45, 7) is 6.45. The fourth-order valence-electron chi connectivity index (χ4n) is 8.08. The monoisotopic (exact) mass is 987 g/mol. The van der Waals surface area contributed by atoms with Crippen LogP contribution < -0.4 is 0 Å². The lowest BCUT2D eigenvalue weighted by Gasteiger charge is -2.18. The van der Waals surface area contributed by atoms with Crippen molar-refractivity contribution < 1.29 is 28.6 Å². The summed E-state index contributed by atoms with van der Waals surface area (Å²) in [7, 11) is 0. The van der Waals surface area contributed by atoms with Gasteiger partial charge >= 0.3 is 17.9 Å². The molecule has 0 saturated carbocycles. The Labute approximate surface area is 438 Å². The standard InChI is InChI=1S/C65H110O6/c1-4-7-10-13-16-19-22-25-28-30-32-34-37-40-43-46-49-52-55-58-64(67)70-61-62(60-69-63(66)57-54-51-48-45-42-39-36-27-24-21-18-15-12-9-6-3)71-65(68)59-56-53-50-47-44-41-38-35-33-31-29-26-23-20-17-14-11-8-5-2/h9,12,16-21,25-29,36,42,45,62H,4-8,10-11,13-15,22-24,30-35,37-41,43-44,46-61H2,1-3H3/b12-9-,19-16-,20-17-,21-18-,28-25-,29-26-,36-27-,45-42-. The molecule has 0 aliphatic rings. The number of hydrogen-bond acceptors (Lipinski definition) is 6. The zero-order chi connectivity index (χ0) is 51.4. The Bertz CT molecular complexity index is 1410. The third kappa shape index (κ3) is 57.1. The van der Waals surface area contributed by atoms with Crippen LogP contribution in [0.5, 0.6) is 0 Å². The van der Waals surface area contributed by atoms with E-state index in [1.54, 1.807) is 0 Å². The maximum atomic E-state index is 12.9. The molecule has 406 valence electrons. The van der Waals surface area contributed by atoms with E-state index < -0.39 is 6.10 Å². The van der Waals surface area contributed by atoms with Crippen molar-refractivity contribution in [2.45, 2.75) is 284 Å². The van der Waals surface area contributed by atoms with Crippen LogP contribution in [-0.4, -0.2) is 37.2 Å². The molecule has 6 nitrogen and oxygen atoms in total. The number of carbonyl (C=O) groups excluding carboxylic acids is 3. The van der Waals surface area contributed by atoms with Crippen LogP contribution in [0.1, 0.15) is 278 Å². The largest absolute Gasteiger partial charge is 0.462 e. The maximum Gasteiger partial charge on any atom is 0.306 e. The number of ether oxygens (including phenoxy) is 3. The second-order valence-electron chi connectivity index (χ2n) is 19.5. The molecule has 1 unspecified atom stereocenters. The summed E-state index contributed by atoms with van der Waals surface area (Å²) < 4.78 is 16.9. The number of allylic oxidation sites excluding steroid dienone is 16. The van der Waals surface area contributed by atoms with E-state index in [9.17, 15) is 14.4 Å². The molecule has 0 spiro atoms. The van der Waals surface area contributed by atoms with Crippen LogP contribution in [0.15, 0.2) is 97.2 Å². The third-order valence-electron chi connectivity index (χ3n) is 12.5. The lowest BCUT2D eigenvalue weighted by molar-refractivity contribution is -0.167. The normalized spacial score (nSPS) is 12.8. The number of unbranched alkanes of at least 4 members (excludes halogenated alkanes) is 26. The molecule has 0 amide bonds. The Morgan fingerprint density at radius 1 is 0.296 bits per heavy atom. The highest BCUT2D eigenvalue weighted by molar-refractivity contribution is 5.71. The average Bonchev–Trinajstić information content (AvgIpc) is 3.37. The van der Waals surface area contributed by atoms with Gasteiger partial charge < -0.3 is 14.2 Å². The molecule has 0 radical (unpaired) electrons. The van der Waals surface area contributed by atoms with E-state index in [0.717, 1.165) is 96.3 Å². The minimum Gasteiger partial charge on any atom is -0.462 e. The molecule has 0 saturated heterocycles. The zero-order valence-electron chi connectivity index (χ0n) is 46.5. The van der Waals surface area contributed by atoms with Crippen LogP contribution in [0, 0.1) is 0 Å².